The van der Waals surface area contributed by atoms with Gasteiger partial charge in [0.15, 0.2) is 0 Å². The quantitative estimate of drug-likeness (QED) is 0.225. The molecule has 0 aliphatic heterocycles. The number of rotatable bonds is 3. The molecule has 4 heteroatoms. The van der Waals surface area contributed by atoms with Crippen molar-refractivity contribution in [2.45, 2.75) is 0 Å². The highest BCUT2D eigenvalue weighted by molar-refractivity contribution is 6.09. The fraction of sp³-hybridized carbons (Fsp3) is 0. The number of furan rings is 2. The first-order valence-corrected chi connectivity index (χ1v) is 13.6. The second-order valence-corrected chi connectivity index (χ2v) is 10.4. The van der Waals surface area contributed by atoms with Gasteiger partial charge in [0, 0.05) is 21.5 Å². The minimum atomic E-state index is 0.447. The van der Waals surface area contributed by atoms with Gasteiger partial charge in [-0.1, -0.05) is 66.7 Å². The minimum Gasteiger partial charge on any atom is -0.456 e. The third kappa shape index (κ3) is 3.68. The highest BCUT2D eigenvalue weighted by Gasteiger charge is 2.18. The van der Waals surface area contributed by atoms with Crippen LogP contribution in [0.5, 0.6) is 0 Å². The van der Waals surface area contributed by atoms with Gasteiger partial charge in [0.1, 0.15) is 22.3 Å². The van der Waals surface area contributed by atoms with Crippen molar-refractivity contribution in [3.05, 3.63) is 132 Å². The van der Waals surface area contributed by atoms with Gasteiger partial charge >= 0.3 is 0 Å². The van der Waals surface area contributed by atoms with Crippen LogP contribution in [0, 0.1) is 22.7 Å². The second-order valence-electron chi connectivity index (χ2n) is 10.4. The summed E-state index contributed by atoms with van der Waals surface area (Å²) in [5, 5.41) is 23.7. The maximum absolute atomic E-state index is 9.73. The third-order valence-electron chi connectivity index (χ3n) is 7.92. The highest BCUT2D eigenvalue weighted by Crippen LogP contribution is 2.43. The Labute approximate surface area is 240 Å². The molecule has 0 N–H and O–H groups in total. The van der Waals surface area contributed by atoms with Gasteiger partial charge in [-0.15, -0.1) is 0 Å². The Balaban J connectivity index is 1.44. The molecule has 42 heavy (non-hydrogen) atoms. The van der Waals surface area contributed by atoms with Crippen molar-refractivity contribution >= 4 is 43.9 Å². The van der Waals surface area contributed by atoms with E-state index in [-0.39, 0.29) is 0 Å². The molecule has 0 amide bonds. The number of hydrogen-bond donors (Lipinski definition) is 0. The molecule has 2 aromatic heterocycles. The van der Waals surface area contributed by atoms with E-state index in [9.17, 15) is 10.5 Å². The van der Waals surface area contributed by atoms with Crippen molar-refractivity contribution in [3.8, 4) is 45.5 Å². The smallest absolute Gasteiger partial charge is 0.135 e. The maximum Gasteiger partial charge on any atom is 0.135 e. The van der Waals surface area contributed by atoms with Crippen molar-refractivity contribution in [2.75, 3.05) is 0 Å². The number of para-hydroxylation sites is 2. The second kappa shape index (κ2) is 9.24. The van der Waals surface area contributed by atoms with Crippen LogP contribution in [0.1, 0.15) is 11.1 Å². The summed E-state index contributed by atoms with van der Waals surface area (Å²) < 4.78 is 12.2. The van der Waals surface area contributed by atoms with Crippen molar-refractivity contribution < 1.29 is 8.83 Å². The molecule has 0 saturated carbocycles. The van der Waals surface area contributed by atoms with Gasteiger partial charge in [-0.05, 0) is 88.0 Å². The zero-order valence-electron chi connectivity index (χ0n) is 22.3. The Kier molecular flexibility index (Phi) is 5.22. The Bertz CT molecular complexity index is 2410. The fourth-order valence-electron chi connectivity index (χ4n) is 6.03. The van der Waals surface area contributed by atoms with E-state index >= 15 is 0 Å². The molecule has 0 bridgehead atoms. The van der Waals surface area contributed by atoms with Crippen LogP contribution in [-0.4, -0.2) is 0 Å². The first-order chi connectivity index (χ1) is 20.7. The highest BCUT2D eigenvalue weighted by atomic mass is 16.3. The van der Waals surface area contributed by atoms with E-state index in [2.05, 4.69) is 60.7 Å². The Hall–Kier alpha value is -6.10. The molecular weight excluding hydrogens is 516 g/mol. The van der Waals surface area contributed by atoms with E-state index in [0.717, 1.165) is 77.3 Å². The standard InChI is InChI=1S/C38H20N2O2/c39-21-23-16-24(22-40)18-27(17-23)29-9-5-8-28(25-12-14-36-32(19-25)30-6-1-3-10-34(30)41-36)38(29)26-13-15-37-33(20-26)31-7-2-4-11-35(31)42-37/h1-20H. The molecule has 0 radical (unpaired) electrons. The average Bonchev–Trinajstić information content (AvgIpc) is 3.61. The van der Waals surface area contributed by atoms with Gasteiger partial charge in [0.25, 0.3) is 0 Å². The average molecular weight is 537 g/mol. The third-order valence-corrected chi connectivity index (χ3v) is 7.92. The predicted molar refractivity (Wildman–Crippen MR) is 167 cm³/mol. The van der Waals surface area contributed by atoms with Crippen molar-refractivity contribution in [3.63, 3.8) is 0 Å². The molecule has 0 atom stereocenters. The SMILES string of the molecule is N#Cc1cc(C#N)cc(-c2cccc(-c3ccc4oc5ccccc5c4c3)c2-c2ccc3oc4ccccc4c3c2)c1. The maximum atomic E-state index is 9.73. The van der Waals surface area contributed by atoms with Gasteiger partial charge in [-0.2, -0.15) is 10.5 Å². The van der Waals surface area contributed by atoms with E-state index in [1.165, 1.54) is 0 Å². The van der Waals surface area contributed by atoms with Crippen molar-refractivity contribution in [1.29, 1.82) is 10.5 Å². The number of hydrogen-bond acceptors (Lipinski definition) is 4. The zero-order chi connectivity index (χ0) is 28.2. The lowest BCUT2D eigenvalue weighted by Crippen LogP contribution is -1.92. The molecule has 6 aromatic carbocycles. The van der Waals surface area contributed by atoms with E-state index in [1.54, 1.807) is 6.07 Å². The molecule has 0 spiro atoms. The van der Waals surface area contributed by atoms with Gasteiger partial charge in [0.05, 0.1) is 23.3 Å². The first-order valence-electron chi connectivity index (χ1n) is 13.6. The van der Waals surface area contributed by atoms with Crippen LogP contribution in [0.3, 0.4) is 0 Å². The van der Waals surface area contributed by atoms with Crippen molar-refractivity contribution in [1.82, 2.24) is 0 Å². The lowest BCUT2D eigenvalue weighted by atomic mass is 9.86. The molecule has 4 nitrogen and oxygen atoms in total. The first kappa shape index (κ1) is 23.8. The Morgan fingerprint density at radius 3 is 1.50 bits per heavy atom. The Morgan fingerprint density at radius 1 is 0.405 bits per heavy atom. The molecule has 194 valence electrons. The topological polar surface area (TPSA) is 73.9 Å². The largest absolute Gasteiger partial charge is 0.456 e. The molecule has 2 heterocycles. The van der Waals surface area contributed by atoms with Gasteiger partial charge in [-0.25, -0.2) is 0 Å². The molecule has 0 aliphatic carbocycles. The van der Waals surface area contributed by atoms with Crippen LogP contribution in [0.25, 0.3) is 77.3 Å². The lowest BCUT2D eigenvalue weighted by molar-refractivity contribution is 0.668. The Morgan fingerprint density at radius 2 is 0.905 bits per heavy atom. The summed E-state index contributed by atoms with van der Waals surface area (Å²) >= 11 is 0. The van der Waals surface area contributed by atoms with Gasteiger partial charge in [-0.3, -0.25) is 0 Å². The molecule has 0 fully saturated rings. The lowest BCUT2D eigenvalue weighted by Gasteiger charge is -2.17. The van der Waals surface area contributed by atoms with Gasteiger partial charge < -0.3 is 8.83 Å². The number of benzene rings is 6. The molecule has 0 saturated heterocycles. The molecular formula is C38H20N2O2. The van der Waals surface area contributed by atoms with Gasteiger partial charge in [0.2, 0.25) is 0 Å². The summed E-state index contributed by atoms with van der Waals surface area (Å²) in [6.45, 7) is 0. The van der Waals surface area contributed by atoms with Crippen LogP contribution in [0.15, 0.2) is 130 Å². The number of fused-ring (bicyclic) bond motifs is 6. The molecule has 8 rings (SSSR count). The van der Waals surface area contributed by atoms with Crippen LogP contribution in [0.4, 0.5) is 0 Å². The van der Waals surface area contributed by atoms with E-state index in [4.69, 9.17) is 8.83 Å². The fourth-order valence-corrected chi connectivity index (χ4v) is 6.03. The molecule has 8 aromatic rings. The molecule has 0 aliphatic rings. The zero-order valence-corrected chi connectivity index (χ0v) is 22.3. The summed E-state index contributed by atoms with van der Waals surface area (Å²) in [5.41, 5.74) is 10.1. The van der Waals surface area contributed by atoms with Crippen LogP contribution in [0.2, 0.25) is 0 Å². The van der Waals surface area contributed by atoms with Crippen LogP contribution >= 0.6 is 0 Å². The molecule has 0 unspecified atom stereocenters. The van der Waals surface area contributed by atoms with Crippen molar-refractivity contribution in [2.24, 2.45) is 0 Å². The summed E-state index contributed by atoms with van der Waals surface area (Å²) in [6.07, 6.45) is 0. The van der Waals surface area contributed by atoms with Crippen LogP contribution in [-0.2, 0) is 0 Å². The summed E-state index contributed by atoms with van der Waals surface area (Å²) in [5.74, 6) is 0. The van der Waals surface area contributed by atoms with E-state index in [1.807, 2.05) is 66.7 Å². The van der Waals surface area contributed by atoms with E-state index in [0.29, 0.717) is 11.1 Å². The van der Waals surface area contributed by atoms with E-state index < -0.39 is 0 Å². The normalized spacial score (nSPS) is 11.3. The number of nitrogens with zero attached hydrogens (tertiary/aromatic N) is 2. The van der Waals surface area contributed by atoms with Crippen LogP contribution < -0.4 is 0 Å². The predicted octanol–water partition coefficient (Wildman–Crippen LogP) is 10.2. The minimum absolute atomic E-state index is 0.447. The summed E-state index contributed by atoms with van der Waals surface area (Å²) in [4.78, 5) is 0. The number of nitriles is 2. The monoisotopic (exact) mass is 536 g/mol. The summed E-state index contributed by atoms with van der Waals surface area (Å²) in [6, 6.07) is 44.7. The summed E-state index contributed by atoms with van der Waals surface area (Å²) in [7, 11) is 0.